The van der Waals surface area contributed by atoms with Gasteiger partial charge in [0.1, 0.15) is 12.7 Å². The third kappa shape index (κ3) is 18.6. The van der Waals surface area contributed by atoms with Crippen LogP contribution in [0.1, 0.15) is 84.5 Å². The Morgan fingerprint density at radius 2 is 1.42 bits per heavy atom. The van der Waals surface area contributed by atoms with Gasteiger partial charge in [-0.25, -0.2) is 9.36 Å². The number of amides is 1. The second-order valence-corrected chi connectivity index (χ2v) is 9.24. The summed E-state index contributed by atoms with van der Waals surface area (Å²) in [5.74, 6) is -2.49. The molecule has 12 heteroatoms. The fraction of sp³-hybridized carbons (Fsp3) is 0.857. The van der Waals surface area contributed by atoms with E-state index in [4.69, 9.17) is 9.84 Å². The number of hydrogen-bond donors (Lipinski definition) is 4. The highest BCUT2D eigenvalue weighted by Gasteiger charge is 2.28. The number of carbonyl (C=O) groups is 3. The second-order valence-electron chi connectivity index (χ2n) is 7.79. The molecule has 0 aromatic carbocycles. The number of esters is 1. The van der Waals surface area contributed by atoms with E-state index in [2.05, 4.69) is 21.3 Å². The van der Waals surface area contributed by atoms with E-state index in [-0.39, 0.29) is 12.8 Å². The zero-order valence-electron chi connectivity index (χ0n) is 19.7. The van der Waals surface area contributed by atoms with Crippen LogP contribution in [-0.4, -0.2) is 64.9 Å². The molecule has 194 valence electrons. The maximum Gasteiger partial charge on any atom is 0.472 e. The normalized spacial score (nSPS) is 14.8. The summed E-state index contributed by atoms with van der Waals surface area (Å²) >= 11 is 0. The summed E-state index contributed by atoms with van der Waals surface area (Å²) in [5, 5.41) is 20.9. The Morgan fingerprint density at radius 1 is 0.879 bits per heavy atom. The fourth-order valence-electron chi connectivity index (χ4n) is 2.75. The molecule has 0 aromatic heterocycles. The Morgan fingerprint density at radius 3 is 1.97 bits per heavy atom. The van der Waals surface area contributed by atoms with Crippen LogP contribution in [0.2, 0.25) is 0 Å². The molecule has 0 aliphatic rings. The minimum absolute atomic E-state index is 0.0289. The average molecular weight is 498 g/mol. The first kappa shape index (κ1) is 31.5. The van der Waals surface area contributed by atoms with Crippen molar-refractivity contribution >= 4 is 25.7 Å². The number of carboxylic acids is 1. The van der Waals surface area contributed by atoms with Gasteiger partial charge in [-0.2, -0.15) is 0 Å². The fourth-order valence-corrected chi connectivity index (χ4v) is 3.52. The number of phosphoric acid groups is 1. The van der Waals surface area contributed by atoms with E-state index in [0.29, 0.717) is 6.42 Å². The van der Waals surface area contributed by atoms with Crippen LogP contribution in [0.15, 0.2) is 0 Å². The molecule has 0 radical (unpaired) electrons. The molecule has 0 heterocycles. The Labute approximate surface area is 195 Å². The number of rotatable bonds is 21. The molecule has 0 aliphatic carbocycles. The summed E-state index contributed by atoms with van der Waals surface area (Å²) < 4.78 is 25.9. The van der Waals surface area contributed by atoms with Gasteiger partial charge in [0, 0.05) is 12.8 Å². The maximum absolute atomic E-state index is 11.8. The Hall–Kier alpha value is -1.52. The number of hydrogen-bond acceptors (Lipinski definition) is 8. The first-order valence-electron chi connectivity index (χ1n) is 11.6. The first-order chi connectivity index (χ1) is 15.6. The van der Waals surface area contributed by atoms with Crippen molar-refractivity contribution in [3.63, 3.8) is 0 Å². The molecule has 0 aliphatic heterocycles. The SMILES string of the molecule is CCCCCCCCCCCC(=O)OCC(O)COP(=O)(O)OCC(NC(=O)CC)C(=O)O. The van der Waals surface area contributed by atoms with E-state index in [1.54, 1.807) is 0 Å². The topological polar surface area (TPSA) is 169 Å². The summed E-state index contributed by atoms with van der Waals surface area (Å²) in [5.41, 5.74) is 0. The highest BCUT2D eigenvalue weighted by Crippen LogP contribution is 2.43. The zero-order valence-corrected chi connectivity index (χ0v) is 20.6. The predicted molar refractivity (Wildman–Crippen MR) is 120 cm³/mol. The van der Waals surface area contributed by atoms with E-state index in [9.17, 15) is 28.9 Å². The first-order valence-corrected chi connectivity index (χ1v) is 13.1. The minimum Gasteiger partial charge on any atom is -0.480 e. The number of nitrogens with one attached hydrogen (secondary N) is 1. The Bertz CT molecular complexity index is 616. The van der Waals surface area contributed by atoms with Crippen LogP contribution in [0.3, 0.4) is 0 Å². The van der Waals surface area contributed by atoms with Crippen LogP contribution in [0.4, 0.5) is 0 Å². The predicted octanol–water partition coefficient (Wildman–Crippen LogP) is 2.92. The molecule has 11 nitrogen and oxygen atoms in total. The molecule has 4 N–H and O–H groups in total. The van der Waals surface area contributed by atoms with Gasteiger partial charge in [0.25, 0.3) is 0 Å². The molecule has 3 atom stereocenters. The van der Waals surface area contributed by atoms with Gasteiger partial charge in [-0.3, -0.25) is 18.6 Å². The van der Waals surface area contributed by atoms with Crippen LogP contribution < -0.4 is 5.32 Å². The highest BCUT2D eigenvalue weighted by atomic mass is 31.2. The Kier molecular flexibility index (Phi) is 18.0. The quantitative estimate of drug-likeness (QED) is 0.105. The lowest BCUT2D eigenvalue weighted by molar-refractivity contribution is -0.147. The van der Waals surface area contributed by atoms with Crippen LogP contribution in [0, 0.1) is 0 Å². The van der Waals surface area contributed by atoms with E-state index in [1.807, 2.05) is 0 Å². The van der Waals surface area contributed by atoms with E-state index in [0.717, 1.165) is 19.3 Å². The standard InChI is InChI=1S/C21H40NO10P/c1-3-5-6-7-8-9-10-11-12-13-20(25)30-14-17(23)15-31-33(28,29)32-16-18(21(26)27)22-19(24)4-2/h17-18,23H,3-16H2,1-2H3,(H,22,24)(H,26,27)(H,28,29). The summed E-state index contributed by atoms with van der Waals surface area (Å²) in [6, 6.07) is -1.53. The number of phosphoric ester groups is 1. The monoisotopic (exact) mass is 497 g/mol. The largest absolute Gasteiger partial charge is 0.480 e. The minimum atomic E-state index is -4.69. The number of aliphatic carboxylic acids is 1. The molecular weight excluding hydrogens is 457 g/mol. The van der Waals surface area contributed by atoms with Crippen molar-refractivity contribution < 1.29 is 47.8 Å². The van der Waals surface area contributed by atoms with Crippen molar-refractivity contribution in [2.45, 2.75) is 96.6 Å². The molecule has 1 amide bonds. The van der Waals surface area contributed by atoms with Gasteiger partial charge in [0.15, 0.2) is 6.04 Å². The molecule has 3 unspecified atom stereocenters. The van der Waals surface area contributed by atoms with Gasteiger partial charge < -0.3 is 25.2 Å². The molecule has 0 saturated heterocycles. The third-order valence-electron chi connectivity index (χ3n) is 4.71. The van der Waals surface area contributed by atoms with Crippen LogP contribution in [0.5, 0.6) is 0 Å². The summed E-state index contributed by atoms with van der Waals surface area (Å²) in [6.45, 7) is 1.80. The number of unbranched alkanes of at least 4 members (excludes halogenated alkanes) is 8. The molecule has 0 bridgehead atoms. The van der Waals surface area contributed by atoms with Crippen molar-refractivity contribution in [3.8, 4) is 0 Å². The number of carboxylic acid groups (broad SMARTS) is 1. The number of carbonyl (C=O) groups excluding carboxylic acids is 2. The summed E-state index contributed by atoms with van der Waals surface area (Å²) in [6.07, 6.45) is 8.95. The van der Waals surface area contributed by atoms with Gasteiger partial charge in [-0.1, -0.05) is 65.2 Å². The average Bonchev–Trinajstić information content (AvgIpc) is 2.77. The number of ether oxygens (including phenoxy) is 1. The van der Waals surface area contributed by atoms with Crippen molar-refractivity contribution in [1.29, 1.82) is 0 Å². The lowest BCUT2D eigenvalue weighted by atomic mass is 10.1. The van der Waals surface area contributed by atoms with Crippen molar-refractivity contribution in [1.82, 2.24) is 5.32 Å². The van der Waals surface area contributed by atoms with Gasteiger partial charge in [-0.15, -0.1) is 0 Å². The van der Waals surface area contributed by atoms with Crippen molar-refractivity contribution in [3.05, 3.63) is 0 Å². The van der Waals surface area contributed by atoms with E-state index >= 15 is 0 Å². The number of aliphatic hydroxyl groups excluding tert-OH is 1. The van der Waals surface area contributed by atoms with Crippen molar-refractivity contribution in [2.75, 3.05) is 19.8 Å². The molecule has 0 spiro atoms. The van der Waals surface area contributed by atoms with Crippen LogP contribution >= 0.6 is 7.82 Å². The molecule has 0 fully saturated rings. The van der Waals surface area contributed by atoms with E-state index in [1.165, 1.54) is 39.0 Å². The molecular formula is C21H40NO10P. The van der Waals surface area contributed by atoms with Gasteiger partial charge in [0.05, 0.1) is 13.2 Å². The highest BCUT2D eigenvalue weighted by molar-refractivity contribution is 7.47. The zero-order chi connectivity index (χ0) is 25.1. The van der Waals surface area contributed by atoms with Crippen LogP contribution in [-0.2, 0) is 32.7 Å². The Balaban J connectivity index is 3.97. The molecule has 33 heavy (non-hydrogen) atoms. The van der Waals surface area contributed by atoms with E-state index < -0.39 is 57.6 Å². The smallest absolute Gasteiger partial charge is 0.472 e. The molecule has 0 rings (SSSR count). The lowest BCUT2D eigenvalue weighted by Crippen LogP contribution is -2.43. The molecule has 0 aromatic rings. The summed E-state index contributed by atoms with van der Waals surface area (Å²) in [4.78, 5) is 43.7. The molecule has 0 saturated carbocycles. The maximum atomic E-state index is 11.8. The van der Waals surface area contributed by atoms with Gasteiger partial charge >= 0.3 is 19.8 Å². The summed E-state index contributed by atoms with van der Waals surface area (Å²) in [7, 11) is -4.69. The lowest BCUT2D eigenvalue weighted by Gasteiger charge is -2.18. The third-order valence-corrected chi connectivity index (χ3v) is 5.66. The van der Waals surface area contributed by atoms with Crippen molar-refractivity contribution in [2.24, 2.45) is 0 Å². The number of aliphatic hydroxyl groups is 1. The van der Waals surface area contributed by atoms with Gasteiger partial charge in [0.2, 0.25) is 5.91 Å². The van der Waals surface area contributed by atoms with Crippen LogP contribution in [0.25, 0.3) is 0 Å². The van der Waals surface area contributed by atoms with Gasteiger partial charge in [-0.05, 0) is 6.42 Å². The second kappa shape index (κ2) is 18.9.